The van der Waals surface area contributed by atoms with Crippen molar-refractivity contribution in [2.24, 2.45) is 0 Å². The normalized spacial score (nSPS) is 11.7. The van der Waals surface area contributed by atoms with E-state index >= 15 is 0 Å². The largest absolute Gasteiger partial charge is 0.496 e. The van der Waals surface area contributed by atoms with Crippen LogP contribution in [0.2, 0.25) is 0 Å². The zero-order valence-corrected chi connectivity index (χ0v) is 17.1. The number of benzene rings is 1. The van der Waals surface area contributed by atoms with E-state index in [2.05, 4.69) is 15.5 Å². The SMILES string of the molecule is COc1ccc(OCc2nc(C(C)(C)NC(=O)OC(C)(C)C)no2)c([N+](=O)[O-])c1. The lowest BCUT2D eigenvalue weighted by molar-refractivity contribution is -0.386. The fourth-order valence-corrected chi connectivity index (χ4v) is 2.21. The number of nitrogens with zero attached hydrogens (tertiary/aromatic N) is 3. The van der Waals surface area contributed by atoms with E-state index in [-0.39, 0.29) is 29.8 Å². The first kappa shape index (κ1) is 21.9. The Morgan fingerprint density at radius 2 is 1.97 bits per heavy atom. The summed E-state index contributed by atoms with van der Waals surface area (Å²) in [5.41, 5.74) is -1.88. The van der Waals surface area contributed by atoms with Crippen LogP contribution in [-0.4, -0.2) is 33.9 Å². The number of hydrogen-bond acceptors (Lipinski definition) is 9. The van der Waals surface area contributed by atoms with Gasteiger partial charge in [-0.2, -0.15) is 4.98 Å². The standard InChI is InChI=1S/C18H24N4O7/c1-17(2,3)28-16(23)20-18(4,5)15-19-14(29-21-15)10-27-13-8-7-11(26-6)9-12(13)22(24)25/h7-9H,10H2,1-6H3,(H,20,23). The number of ether oxygens (including phenoxy) is 3. The lowest BCUT2D eigenvalue weighted by Gasteiger charge is -2.26. The molecule has 11 heteroatoms. The van der Waals surface area contributed by atoms with E-state index in [4.69, 9.17) is 18.7 Å². The first-order valence-electron chi connectivity index (χ1n) is 8.71. The molecule has 0 bridgehead atoms. The number of nitro benzene ring substituents is 1. The molecule has 0 saturated heterocycles. The maximum absolute atomic E-state index is 12.0. The maximum atomic E-state index is 12.0. The van der Waals surface area contributed by atoms with Gasteiger partial charge in [-0.05, 0) is 46.8 Å². The zero-order valence-electron chi connectivity index (χ0n) is 17.1. The third-order valence-electron chi connectivity index (χ3n) is 3.55. The van der Waals surface area contributed by atoms with Gasteiger partial charge >= 0.3 is 11.8 Å². The van der Waals surface area contributed by atoms with Crippen molar-refractivity contribution in [1.29, 1.82) is 0 Å². The lowest BCUT2D eigenvalue weighted by Crippen LogP contribution is -2.44. The minimum absolute atomic E-state index is 0.0293. The summed E-state index contributed by atoms with van der Waals surface area (Å²) in [5.74, 6) is 0.649. The Kier molecular flexibility index (Phi) is 6.30. The van der Waals surface area contributed by atoms with E-state index in [0.29, 0.717) is 5.75 Å². The molecule has 0 spiro atoms. The number of rotatable bonds is 7. The van der Waals surface area contributed by atoms with Crippen LogP contribution in [0.4, 0.5) is 10.5 Å². The molecule has 0 aliphatic heterocycles. The smallest absolute Gasteiger partial charge is 0.408 e. The van der Waals surface area contributed by atoms with Gasteiger partial charge in [0, 0.05) is 0 Å². The fraction of sp³-hybridized carbons (Fsp3) is 0.500. The Morgan fingerprint density at radius 3 is 2.55 bits per heavy atom. The van der Waals surface area contributed by atoms with Crippen molar-refractivity contribution in [1.82, 2.24) is 15.5 Å². The highest BCUT2D eigenvalue weighted by atomic mass is 16.6. The predicted molar refractivity (Wildman–Crippen MR) is 101 cm³/mol. The summed E-state index contributed by atoms with van der Waals surface area (Å²) in [5, 5.41) is 17.7. The predicted octanol–water partition coefficient (Wildman–Crippen LogP) is 3.33. The molecule has 1 aromatic carbocycles. The summed E-state index contributed by atoms with van der Waals surface area (Å²) in [7, 11) is 1.41. The Hall–Kier alpha value is -3.37. The molecule has 0 atom stereocenters. The van der Waals surface area contributed by atoms with Crippen LogP contribution in [-0.2, 0) is 16.9 Å². The maximum Gasteiger partial charge on any atom is 0.408 e. The second kappa shape index (κ2) is 8.33. The molecule has 0 unspecified atom stereocenters. The Bertz CT molecular complexity index is 887. The third-order valence-corrected chi connectivity index (χ3v) is 3.55. The number of alkyl carbamates (subject to hydrolysis) is 1. The summed E-state index contributed by atoms with van der Waals surface area (Å²) >= 11 is 0. The summed E-state index contributed by atoms with van der Waals surface area (Å²) in [6.07, 6.45) is -0.626. The third kappa shape index (κ3) is 6.06. The number of carbonyl (C=O) groups excluding carboxylic acids is 1. The quantitative estimate of drug-likeness (QED) is 0.539. The molecule has 158 valence electrons. The molecule has 1 N–H and O–H groups in total. The minimum atomic E-state index is -0.976. The molecule has 0 saturated carbocycles. The number of carbonyl (C=O) groups is 1. The van der Waals surface area contributed by atoms with Crippen LogP contribution in [0.25, 0.3) is 0 Å². The first-order chi connectivity index (χ1) is 13.4. The van der Waals surface area contributed by atoms with Crippen molar-refractivity contribution in [3.8, 4) is 11.5 Å². The van der Waals surface area contributed by atoms with Gasteiger partial charge in [0.15, 0.2) is 18.2 Å². The summed E-state index contributed by atoms with van der Waals surface area (Å²) in [4.78, 5) is 26.8. The molecule has 0 radical (unpaired) electrons. The molecule has 0 fully saturated rings. The summed E-state index contributed by atoms with van der Waals surface area (Å²) < 4.78 is 20.8. The van der Waals surface area contributed by atoms with Crippen molar-refractivity contribution in [3.05, 3.63) is 40.0 Å². The number of nitro groups is 1. The van der Waals surface area contributed by atoms with Gasteiger partial charge in [-0.25, -0.2) is 4.79 Å². The Balaban J connectivity index is 2.07. The highest BCUT2D eigenvalue weighted by molar-refractivity contribution is 5.68. The van der Waals surface area contributed by atoms with Gasteiger partial charge in [0.2, 0.25) is 0 Å². The molecular weight excluding hydrogens is 384 g/mol. The second-order valence-electron chi connectivity index (χ2n) is 7.64. The molecular formula is C18H24N4O7. The molecule has 29 heavy (non-hydrogen) atoms. The monoisotopic (exact) mass is 408 g/mol. The van der Waals surface area contributed by atoms with E-state index in [1.54, 1.807) is 34.6 Å². The molecule has 2 aromatic rings. The number of methoxy groups -OCH3 is 1. The van der Waals surface area contributed by atoms with E-state index in [1.807, 2.05) is 0 Å². The average Bonchev–Trinajstić information content (AvgIpc) is 3.07. The van der Waals surface area contributed by atoms with Crippen LogP contribution < -0.4 is 14.8 Å². The van der Waals surface area contributed by atoms with Gasteiger partial charge in [0.25, 0.3) is 5.89 Å². The second-order valence-corrected chi connectivity index (χ2v) is 7.64. The molecule has 1 heterocycles. The fourth-order valence-electron chi connectivity index (χ4n) is 2.21. The van der Waals surface area contributed by atoms with Crippen LogP contribution in [0.3, 0.4) is 0 Å². The molecule has 1 aromatic heterocycles. The van der Waals surface area contributed by atoms with Crippen LogP contribution in [0, 0.1) is 10.1 Å². The first-order valence-corrected chi connectivity index (χ1v) is 8.71. The van der Waals surface area contributed by atoms with Crippen molar-refractivity contribution in [2.75, 3.05) is 7.11 Å². The van der Waals surface area contributed by atoms with E-state index in [9.17, 15) is 14.9 Å². The van der Waals surface area contributed by atoms with E-state index < -0.39 is 22.2 Å². The summed E-state index contributed by atoms with van der Waals surface area (Å²) in [6.45, 7) is 8.43. The Labute approximate surface area is 167 Å². The van der Waals surface area contributed by atoms with Gasteiger partial charge < -0.3 is 24.1 Å². The van der Waals surface area contributed by atoms with Crippen LogP contribution in [0.5, 0.6) is 11.5 Å². The van der Waals surface area contributed by atoms with Crippen molar-refractivity contribution in [2.45, 2.75) is 52.4 Å². The van der Waals surface area contributed by atoms with Crippen LogP contribution in [0.15, 0.2) is 22.7 Å². The van der Waals surface area contributed by atoms with E-state index in [0.717, 1.165) is 0 Å². The molecule has 0 aliphatic rings. The molecule has 2 rings (SSSR count). The Morgan fingerprint density at radius 1 is 1.28 bits per heavy atom. The van der Waals surface area contributed by atoms with Gasteiger partial charge in [-0.3, -0.25) is 10.1 Å². The molecule has 0 aliphatic carbocycles. The van der Waals surface area contributed by atoms with Crippen molar-refractivity contribution in [3.63, 3.8) is 0 Å². The van der Waals surface area contributed by atoms with Crippen LogP contribution >= 0.6 is 0 Å². The highest BCUT2D eigenvalue weighted by Gasteiger charge is 2.31. The number of aromatic nitrogens is 2. The van der Waals surface area contributed by atoms with Crippen molar-refractivity contribution < 1.29 is 28.5 Å². The van der Waals surface area contributed by atoms with E-state index in [1.165, 1.54) is 25.3 Å². The minimum Gasteiger partial charge on any atom is -0.496 e. The van der Waals surface area contributed by atoms with Gasteiger partial charge in [0.1, 0.15) is 16.9 Å². The number of nitrogens with one attached hydrogen (secondary N) is 1. The summed E-state index contributed by atoms with van der Waals surface area (Å²) in [6, 6.07) is 4.21. The lowest BCUT2D eigenvalue weighted by atomic mass is 10.1. The van der Waals surface area contributed by atoms with Gasteiger partial charge in [0.05, 0.1) is 18.1 Å². The number of amides is 1. The van der Waals surface area contributed by atoms with Gasteiger partial charge in [-0.1, -0.05) is 5.16 Å². The average molecular weight is 408 g/mol. The molecule has 1 amide bonds. The highest BCUT2D eigenvalue weighted by Crippen LogP contribution is 2.31. The zero-order chi connectivity index (χ0) is 21.8. The topological polar surface area (TPSA) is 139 Å². The van der Waals surface area contributed by atoms with Crippen molar-refractivity contribution >= 4 is 11.8 Å². The molecule has 11 nitrogen and oxygen atoms in total. The van der Waals surface area contributed by atoms with Gasteiger partial charge in [-0.15, -0.1) is 0 Å². The number of hydrogen-bond donors (Lipinski definition) is 1. The van der Waals surface area contributed by atoms with Crippen LogP contribution in [0.1, 0.15) is 46.3 Å².